The maximum absolute atomic E-state index is 11.7. The van der Waals surface area contributed by atoms with E-state index in [1.807, 2.05) is 24.3 Å². The Morgan fingerprint density at radius 2 is 1.68 bits per heavy atom. The highest BCUT2D eigenvalue weighted by atomic mass is 32.2. The van der Waals surface area contributed by atoms with E-state index in [9.17, 15) is 8.42 Å². The summed E-state index contributed by atoms with van der Waals surface area (Å²) in [6.45, 7) is 0. The summed E-state index contributed by atoms with van der Waals surface area (Å²) in [5.74, 6) is 0.728. The fourth-order valence-electron chi connectivity index (χ4n) is 3.20. The zero-order chi connectivity index (χ0) is 17.7. The zero-order valence-electron chi connectivity index (χ0n) is 14.2. The number of ether oxygens (including phenoxy) is 1. The van der Waals surface area contributed by atoms with Gasteiger partial charge < -0.3 is 4.74 Å². The van der Waals surface area contributed by atoms with Crippen LogP contribution in [0.4, 0.5) is 0 Å². The van der Waals surface area contributed by atoms with E-state index < -0.39 is 9.84 Å². The number of rotatable bonds is 4. The Morgan fingerprint density at radius 1 is 1.00 bits per heavy atom. The molecule has 1 aromatic carbocycles. The first-order valence-electron chi connectivity index (χ1n) is 8.17. The van der Waals surface area contributed by atoms with Crippen LogP contribution in [0, 0.1) is 5.41 Å². The molecule has 4 rings (SSSR count). The number of hydrogen-bond acceptors (Lipinski definition) is 4. The van der Waals surface area contributed by atoms with Crippen LogP contribution in [0.2, 0.25) is 0 Å². The number of pyridine rings is 1. The monoisotopic (exact) mass is 353 g/mol. The molecule has 0 amide bonds. The lowest BCUT2D eigenvalue weighted by Crippen LogP contribution is -1.97. The van der Waals surface area contributed by atoms with E-state index in [1.54, 1.807) is 25.4 Å². The Kier molecular flexibility index (Phi) is 3.58. The topological polar surface area (TPSA) is 56.3 Å². The van der Waals surface area contributed by atoms with Crippen LogP contribution in [-0.2, 0) is 9.84 Å². The Labute approximate surface area is 147 Å². The van der Waals surface area contributed by atoms with Gasteiger partial charge in [0.2, 0.25) is 0 Å². The van der Waals surface area contributed by atoms with Crippen LogP contribution in [0.1, 0.15) is 24.1 Å². The molecule has 2 aliphatic carbocycles. The normalized spacial score (nSPS) is 18.0. The van der Waals surface area contributed by atoms with Crippen molar-refractivity contribution in [3.05, 3.63) is 66.0 Å². The highest BCUT2D eigenvalue weighted by Crippen LogP contribution is 2.57. The highest BCUT2D eigenvalue weighted by Gasteiger charge is 2.43. The third-order valence-electron chi connectivity index (χ3n) is 4.82. The molecule has 0 aliphatic heterocycles. The van der Waals surface area contributed by atoms with E-state index in [-0.39, 0.29) is 5.41 Å². The van der Waals surface area contributed by atoms with E-state index in [0.29, 0.717) is 4.90 Å². The molecule has 2 aromatic rings. The zero-order valence-corrected chi connectivity index (χ0v) is 15.0. The van der Waals surface area contributed by atoms with Crippen LogP contribution in [-0.4, -0.2) is 26.8 Å². The van der Waals surface area contributed by atoms with Gasteiger partial charge in [0.25, 0.3) is 0 Å². The van der Waals surface area contributed by atoms with Crippen LogP contribution >= 0.6 is 0 Å². The fourth-order valence-corrected chi connectivity index (χ4v) is 3.83. The Balaban J connectivity index is 1.73. The third kappa shape index (κ3) is 3.00. The van der Waals surface area contributed by atoms with E-state index in [2.05, 4.69) is 17.1 Å². The van der Waals surface area contributed by atoms with E-state index in [1.165, 1.54) is 6.26 Å². The Bertz CT molecular complexity index is 980. The summed E-state index contributed by atoms with van der Waals surface area (Å²) in [6.07, 6.45) is 9.83. The molecule has 4 nitrogen and oxygen atoms in total. The second-order valence-electron chi connectivity index (χ2n) is 6.73. The lowest BCUT2D eigenvalue weighted by molar-refractivity contribution is 0.413. The molecule has 0 bridgehead atoms. The van der Waals surface area contributed by atoms with Gasteiger partial charge in [-0.05, 0) is 48.2 Å². The number of methoxy groups -OCH3 is 1. The van der Waals surface area contributed by atoms with Crippen LogP contribution in [0.15, 0.2) is 59.6 Å². The van der Waals surface area contributed by atoms with Gasteiger partial charge in [0.05, 0.1) is 23.9 Å². The first-order valence-corrected chi connectivity index (χ1v) is 10.1. The van der Waals surface area contributed by atoms with Gasteiger partial charge in [-0.15, -0.1) is 0 Å². The largest absolute Gasteiger partial charge is 0.495 e. The van der Waals surface area contributed by atoms with Crippen molar-refractivity contribution in [2.45, 2.75) is 17.7 Å². The quantitative estimate of drug-likeness (QED) is 0.840. The molecule has 128 valence electrons. The predicted molar refractivity (Wildman–Crippen MR) is 98.0 cm³/mol. The second kappa shape index (κ2) is 5.56. The van der Waals surface area contributed by atoms with E-state index in [4.69, 9.17) is 4.74 Å². The number of nitrogens with zero attached hydrogens (tertiary/aromatic N) is 1. The minimum Gasteiger partial charge on any atom is -0.495 e. The van der Waals surface area contributed by atoms with Gasteiger partial charge in [-0.25, -0.2) is 8.42 Å². The average molecular weight is 353 g/mol. The lowest BCUT2D eigenvalue weighted by Gasteiger charge is -2.10. The minimum absolute atomic E-state index is 0.155. The molecule has 0 radical (unpaired) electrons. The minimum atomic E-state index is -3.19. The number of aromatic nitrogens is 1. The maximum Gasteiger partial charge on any atom is 0.175 e. The summed E-state index contributed by atoms with van der Waals surface area (Å²) in [6, 6.07) is 11.0. The van der Waals surface area contributed by atoms with Gasteiger partial charge in [-0.3, -0.25) is 4.98 Å². The van der Waals surface area contributed by atoms with Gasteiger partial charge in [0.15, 0.2) is 9.84 Å². The molecule has 1 fully saturated rings. The number of benzene rings is 1. The van der Waals surface area contributed by atoms with E-state index in [0.717, 1.165) is 41.0 Å². The summed E-state index contributed by atoms with van der Waals surface area (Å²) in [7, 11) is -1.56. The van der Waals surface area contributed by atoms with Crippen molar-refractivity contribution in [1.29, 1.82) is 0 Å². The van der Waals surface area contributed by atoms with Crippen molar-refractivity contribution in [1.82, 2.24) is 4.98 Å². The summed E-state index contributed by atoms with van der Waals surface area (Å²) < 4.78 is 28.5. The second-order valence-corrected chi connectivity index (χ2v) is 8.74. The van der Waals surface area contributed by atoms with Crippen molar-refractivity contribution in [2.24, 2.45) is 5.41 Å². The molecule has 5 heteroatoms. The number of sulfone groups is 1. The predicted octanol–water partition coefficient (Wildman–Crippen LogP) is 3.75. The maximum atomic E-state index is 11.7. The molecule has 0 N–H and O–H groups in total. The molecule has 1 spiro atoms. The summed E-state index contributed by atoms with van der Waals surface area (Å²) in [4.78, 5) is 4.86. The average Bonchev–Trinajstić information content (AvgIpc) is 3.25. The van der Waals surface area contributed by atoms with Gasteiger partial charge >= 0.3 is 0 Å². The van der Waals surface area contributed by atoms with Crippen LogP contribution < -0.4 is 4.74 Å². The Morgan fingerprint density at radius 3 is 2.20 bits per heavy atom. The summed E-state index contributed by atoms with van der Waals surface area (Å²) >= 11 is 0. The molecule has 1 heterocycles. The Hall–Kier alpha value is -2.40. The molecule has 0 unspecified atom stereocenters. The highest BCUT2D eigenvalue weighted by molar-refractivity contribution is 7.90. The first-order chi connectivity index (χ1) is 11.9. The molecular formula is C20H19NO3S. The standard InChI is InChI=1S/C20H19NO3S/c1-24-15-5-8-19(21-13-15)18-12-20(9-10-20)11-17(18)14-3-6-16(7-4-14)25(2,22)23/h3-8,11-13H,9-10H2,1-2H3. The van der Waals surface area contributed by atoms with Crippen LogP contribution in [0.5, 0.6) is 5.75 Å². The molecule has 1 saturated carbocycles. The summed E-state index contributed by atoms with van der Waals surface area (Å²) in [5, 5.41) is 0. The molecule has 1 aromatic heterocycles. The van der Waals surface area contributed by atoms with Crippen LogP contribution in [0.25, 0.3) is 11.1 Å². The lowest BCUT2D eigenvalue weighted by atomic mass is 9.98. The van der Waals surface area contributed by atoms with Crippen molar-refractivity contribution in [3.63, 3.8) is 0 Å². The summed E-state index contributed by atoms with van der Waals surface area (Å²) in [5.41, 5.74) is 4.30. The van der Waals surface area contributed by atoms with Crippen molar-refractivity contribution >= 4 is 21.0 Å². The van der Waals surface area contributed by atoms with Gasteiger partial charge in [-0.1, -0.05) is 24.3 Å². The molecule has 0 saturated heterocycles. The number of allylic oxidation sites excluding steroid dienone is 4. The van der Waals surface area contributed by atoms with Crippen molar-refractivity contribution < 1.29 is 13.2 Å². The molecule has 2 aliphatic rings. The van der Waals surface area contributed by atoms with Gasteiger partial charge in [0.1, 0.15) is 5.75 Å². The first kappa shape index (κ1) is 16.1. The SMILES string of the molecule is COc1ccc(C2=CC3(C=C2c2ccc(S(C)(=O)=O)cc2)CC3)nc1. The number of hydrogen-bond donors (Lipinski definition) is 0. The molecular weight excluding hydrogens is 334 g/mol. The third-order valence-corrected chi connectivity index (χ3v) is 5.95. The smallest absolute Gasteiger partial charge is 0.175 e. The van der Waals surface area contributed by atoms with Crippen molar-refractivity contribution in [3.8, 4) is 5.75 Å². The van der Waals surface area contributed by atoms with Gasteiger partial charge in [0, 0.05) is 17.2 Å². The molecule has 0 atom stereocenters. The van der Waals surface area contributed by atoms with Gasteiger partial charge in [-0.2, -0.15) is 0 Å². The van der Waals surface area contributed by atoms with Crippen molar-refractivity contribution in [2.75, 3.05) is 13.4 Å². The van der Waals surface area contributed by atoms with E-state index >= 15 is 0 Å². The van der Waals surface area contributed by atoms with Crippen LogP contribution in [0.3, 0.4) is 0 Å². The molecule has 25 heavy (non-hydrogen) atoms. The fraction of sp³-hybridized carbons (Fsp3) is 0.250.